The summed E-state index contributed by atoms with van der Waals surface area (Å²) in [6.07, 6.45) is 1.81. The van der Waals surface area contributed by atoms with Gasteiger partial charge in [-0.3, -0.25) is 9.59 Å². The van der Waals surface area contributed by atoms with E-state index in [2.05, 4.69) is 22.4 Å². The van der Waals surface area contributed by atoms with Crippen molar-refractivity contribution in [1.82, 2.24) is 14.9 Å². The van der Waals surface area contributed by atoms with Crippen LogP contribution in [0.2, 0.25) is 0 Å². The Labute approximate surface area is 187 Å². The van der Waals surface area contributed by atoms with Crippen LogP contribution in [-0.2, 0) is 13.0 Å². The highest BCUT2D eigenvalue weighted by molar-refractivity contribution is 5.94. The maximum Gasteiger partial charge on any atom is 0.272 e. The topological polar surface area (TPSA) is 64.0 Å². The van der Waals surface area contributed by atoms with Gasteiger partial charge in [0.05, 0.1) is 17.6 Å². The number of fused-ring (bicyclic) bond motifs is 1. The van der Waals surface area contributed by atoms with E-state index in [1.54, 1.807) is 11.5 Å². The predicted octanol–water partition coefficient (Wildman–Crippen LogP) is 4.50. The molecule has 1 N–H and O–H groups in total. The second-order valence-corrected chi connectivity index (χ2v) is 8.17. The van der Waals surface area contributed by atoms with Crippen LogP contribution in [0.3, 0.4) is 0 Å². The average molecular weight is 426 g/mol. The minimum absolute atomic E-state index is 0.0760. The van der Waals surface area contributed by atoms with Gasteiger partial charge in [-0.2, -0.15) is 0 Å². The van der Waals surface area contributed by atoms with Gasteiger partial charge < -0.3 is 9.88 Å². The molecule has 4 rings (SSSR count). The van der Waals surface area contributed by atoms with E-state index < -0.39 is 0 Å². The summed E-state index contributed by atoms with van der Waals surface area (Å²) in [5.41, 5.74) is 4.82. The van der Waals surface area contributed by atoms with Crippen LogP contribution in [0.15, 0.2) is 83.7 Å². The molecule has 0 saturated heterocycles. The van der Waals surface area contributed by atoms with E-state index in [1.165, 1.54) is 5.56 Å². The Morgan fingerprint density at radius 2 is 1.62 bits per heavy atom. The third-order valence-corrected chi connectivity index (χ3v) is 5.66. The molecule has 0 aliphatic rings. The van der Waals surface area contributed by atoms with E-state index in [-0.39, 0.29) is 17.5 Å². The van der Waals surface area contributed by atoms with Crippen LogP contribution in [-0.4, -0.2) is 21.5 Å². The van der Waals surface area contributed by atoms with Crippen LogP contribution in [0, 0.1) is 6.92 Å². The fraction of sp³-hybridized carbons (Fsp3) is 0.222. The maximum absolute atomic E-state index is 12.7. The largest absolute Gasteiger partial charge is 0.350 e. The highest BCUT2D eigenvalue weighted by atomic mass is 16.1. The minimum Gasteiger partial charge on any atom is -0.350 e. The van der Waals surface area contributed by atoms with Crippen LogP contribution >= 0.6 is 0 Å². The van der Waals surface area contributed by atoms with Crippen molar-refractivity contribution in [3.63, 3.8) is 0 Å². The smallest absolute Gasteiger partial charge is 0.272 e. The zero-order valence-electron chi connectivity index (χ0n) is 18.4. The lowest BCUT2D eigenvalue weighted by Gasteiger charge is -2.15. The van der Waals surface area contributed by atoms with Crippen LogP contribution < -0.4 is 10.9 Å². The van der Waals surface area contributed by atoms with Gasteiger partial charge in [-0.25, -0.2) is 4.98 Å². The average Bonchev–Trinajstić information content (AvgIpc) is 2.81. The lowest BCUT2D eigenvalue weighted by Crippen LogP contribution is -2.32. The quantitative estimate of drug-likeness (QED) is 0.474. The molecule has 0 aliphatic heterocycles. The van der Waals surface area contributed by atoms with Crippen molar-refractivity contribution < 1.29 is 4.79 Å². The summed E-state index contributed by atoms with van der Waals surface area (Å²) in [5, 5.41) is 3.07. The Morgan fingerprint density at radius 1 is 0.938 bits per heavy atom. The van der Waals surface area contributed by atoms with Crippen molar-refractivity contribution in [2.45, 2.75) is 39.3 Å². The molecule has 0 spiro atoms. The minimum atomic E-state index is -0.0993. The van der Waals surface area contributed by atoms with Crippen molar-refractivity contribution in [2.24, 2.45) is 0 Å². The van der Waals surface area contributed by atoms with Gasteiger partial charge >= 0.3 is 0 Å². The molecule has 1 amide bonds. The third kappa shape index (κ3) is 4.94. The number of para-hydroxylation sites is 2. The molecule has 0 unspecified atom stereocenters. The zero-order chi connectivity index (χ0) is 22.5. The summed E-state index contributed by atoms with van der Waals surface area (Å²) in [6.45, 7) is 4.19. The Morgan fingerprint density at radius 3 is 2.38 bits per heavy atom. The van der Waals surface area contributed by atoms with Crippen molar-refractivity contribution in [3.05, 3.63) is 112 Å². The summed E-state index contributed by atoms with van der Waals surface area (Å²) < 4.78 is 1.73. The molecule has 1 heterocycles. The molecule has 4 aromatic rings. The molecule has 0 saturated carbocycles. The highest BCUT2D eigenvalue weighted by Crippen LogP contribution is 2.13. The van der Waals surface area contributed by atoms with Gasteiger partial charge in [-0.05, 0) is 62.1 Å². The SMILES string of the molecule is Cc1nc2ccccc2n(Cc2ccc(C(=O)N[C@H](C)CCc3ccccc3)cc2)c1=O. The Hall–Kier alpha value is -3.73. The molecular formula is C27H27N3O2. The number of benzene rings is 3. The van der Waals surface area contributed by atoms with E-state index in [1.807, 2.05) is 73.7 Å². The number of amides is 1. The number of rotatable bonds is 7. The van der Waals surface area contributed by atoms with E-state index >= 15 is 0 Å². The van der Waals surface area contributed by atoms with Crippen molar-refractivity contribution in [2.75, 3.05) is 0 Å². The molecule has 0 fully saturated rings. The lowest BCUT2D eigenvalue weighted by molar-refractivity contribution is 0.0938. The second kappa shape index (κ2) is 9.60. The third-order valence-electron chi connectivity index (χ3n) is 5.66. The molecule has 0 aliphatic carbocycles. The number of hydrogen-bond donors (Lipinski definition) is 1. The van der Waals surface area contributed by atoms with Gasteiger partial charge in [-0.1, -0.05) is 54.6 Å². The predicted molar refractivity (Wildman–Crippen MR) is 128 cm³/mol. The molecule has 1 atom stereocenters. The zero-order valence-corrected chi connectivity index (χ0v) is 18.4. The second-order valence-electron chi connectivity index (χ2n) is 8.17. The number of nitrogens with one attached hydrogen (secondary N) is 1. The van der Waals surface area contributed by atoms with Crippen molar-refractivity contribution >= 4 is 16.9 Å². The first-order valence-corrected chi connectivity index (χ1v) is 10.9. The van der Waals surface area contributed by atoms with Crippen LogP contribution in [0.25, 0.3) is 11.0 Å². The Bertz CT molecular complexity index is 1280. The molecule has 162 valence electrons. The maximum atomic E-state index is 12.7. The highest BCUT2D eigenvalue weighted by Gasteiger charge is 2.12. The van der Waals surface area contributed by atoms with Crippen LogP contribution in [0.4, 0.5) is 0 Å². The monoisotopic (exact) mass is 425 g/mol. The number of nitrogens with zero attached hydrogens (tertiary/aromatic N) is 2. The van der Waals surface area contributed by atoms with E-state index in [0.29, 0.717) is 17.8 Å². The molecular weight excluding hydrogens is 398 g/mol. The van der Waals surface area contributed by atoms with Crippen LogP contribution in [0.1, 0.15) is 40.5 Å². The van der Waals surface area contributed by atoms with E-state index in [4.69, 9.17) is 0 Å². The first kappa shape index (κ1) is 21.5. The van der Waals surface area contributed by atoms with E-state index in [0.717, 1.165) is 29.4 Å². The number of hydrogen-bond acceptors (Lipinski definition) is 3. The number of aryl methyl sites for hydroxylation is 2. The fourth-order valence-electron chi connectivity index (χ4n) is 3.83. The first-order valence-electron chi connectivity index (χ1n) is 10.9. The van der Waals surface area contributed by atoms with Gasteiger partial charge in [0.15, 0.2) is 0 Å². The Kier molecular flexibility index (Phi) is 6.45. The number of carbonyl (C=O) groups excluding carboxylic acids is 1. The van der Waals surface area contributed by atoms with Gasteiger partial charge in [0.2, 0.25) is 0 Å². The molecule has 3 aromatic carbocycles. The summed E-state index contributed by atoms with van der Waals surface area (Å²) in [6, 6.07) is 25.4. The molecule has 32 heavy (non-hydrogen) atoms. The van der Waals surface area contributed by atoms with Gasteiger partial charge in [0.25, 0.3) is 11.5 Å². The van der Waals surface area contributed by atoms with E-state index in [9.17, 15) is 9.59 Å². The van der Waals surface area contributed by atoms with Crippen molar-refractivity contribution in [1.29, 1.82) is 0 Å². The number of carbonyl (C=O) groups is 1. The first-order chi connectivity index (χ1) is 15.5. The summed E-state index contributed by atoms with van der Waals surface area (Å²) in [5.74, 6) is -0.0838. The molecule has 5 nitrogen and oxygen atoms in total. The van der Waals surface area contributed by atoms with Crippen LogP contribution in [0.5, 0.6) is 0 Å². The summed E-state index contributed by atoms with van der Waals surface area (Å²) in [7, 11) is 0. The molecule has 1 aromatic heterocycles. The van der Waals surface area contributed by atoms with Gasteiger partial charge in [0, 0.05) is 11.6 Å². The van der Waals surface area contributed by atoms with Crippen molar-refractivity contribution in [3.8, 4) is 0 Å². The normalized spacial score (nSPS) is 11.9. The molecule has 0 bridgehead atoms. The molecule has 5 heteroatoms. The van der Waals surface area contributed by atoms with Gasteiger partial charge in [-0.15, -0.1) is 0 Å². The van der Waals surface area contributed by atoms with Gasteiger partial charge in [0.1, 0.15) is 5.69 Å². The standard InChI is InChI=1S/C27H27N3O2/c1-19(12-13-21-8-4-3-5-9-21)28-26(31)23-16-14-22(15-17-23)18-30-25-11-7-6-10-24(25)29-20(2)27(30)32/h3-11,14-17,19H,12-13,18H2,1-2H3,(H,28,31)/t19-/m1/s1. The fourth-order valence-corrected chi connectivity index (χ4v) is 3.83. The summed E-state index contributed by atoms with van der Waals surface area (Å²) in [4.78, 5) is 29.7. The lowest BCUT2D eigenvalue weighted by atomic mass is 10.1. The molecule has 0 radical (unpaired) electrons. The Balaban J connectivity index is 1.42. The summed E-state index contributed by atoms with van der Waals surface area (Å²) >= 11 is 0. The number of aromatic nitrogens is 2.